The predicted molar refractivity (Wildman–Crippen MR) is 35.2 cm³/mol. The standard InChI is InChI=1S/C7H14O2/c1-6-2-3-7(4-8)9-5-6/h6-8H,2-5H2,1H3. The molecular formula is C7H14O2. The second-order valence-electron chi connectivity index (χ2n) is 2.82. The van der Waals surface area contributed by atoms with Crippen molar-refractivity contribution in [3.63, 3.8) is 0 Å². The van der Waals surface area contributed by atoms with Crippen molar-refractivity contribution in [3.8, 4) is 0 Å². The Balaban J connectivity index is 2.18. The number of rotatable bonds is 1. The van der Waals surface area contributed by atoms with Crippen molar-refractivity contribution in [1.82, 2.24) is 0 Å². The lowest BCUT2D eigenvalue weighted by Crippen LogP contribution is -2.26. The Hall–Kier alpha value is -0.0800. The molecule has 0 aromatic carbocycles. The van der Waals surface area contributed by atoms with E-state index in [2.05, 4.69) is 6.92 Å². The summed E-state index contributed by atoms with van der Waals surface area (Å²) in [5.41, 5.74) is 0. The number of aliphatic hydroxyl groups is 1. The molecule has 1 fully saturated rings. The van der Waals surface area contributed by atoms with Crippen LogP contribution in [0.3, 0.4) is 0 Å². The van der Waals surface area contributed by atoms with Gasteiger partial charge >= 0.3 is 0 Å². The topological polar surface area (TPSA) is 29.5 Å². The summed E-state index contributed by atoms with van der Waals surface area (Å²) in [6, 6.07) is 0. The number of hydrogen-bond acceptors (Lipinski definition) is 2. The zero-order valence-electron chi connectivity index (χ0n) is 5.84. The average molecular weight is 130 g/mol. The van der Waals surface area contributed by atoms with Crippen LogP contribution in [-0.2, 0) is 4.74 Å². The molecule has 0 aromatic heterocycles. The smallest absolute Gasteiger partial charge is 0.0806 e. The lowest BCUT2D eigenvalue weighted by molar-refractivity contribution is -0.0386. The van der Waals surface area contributed by atoms with E-state index in [1.807, 2.05) is 0 Å². The van der Waals surface area contributed by atoms with Crippen LogP contribution in [0.5, 0.6) is 0 Å². The Kier molecular flexibility index (Phi) is 2.49. The Labute approximate surface area is 55.8 Å². The quantitative estimate of drug-likeness (QED) is 0.568. The minimum Gasteiger partial charge on any atom is -0.394 e. The van der Waals surface area contributed by atoms with Crippen molar-refractivity contribution in [3.05, 3.63) is 0 Å². The van der Waals surface area contributed by atoms with Gasteiger partial charge in [-0.25, -0.2) is 0 Å². The van der Waals surface area contributed by atoms with Crippen molar-refractivity contribution < 1.29 is 9.84 Å². The molecule has 1 saturated heterocycles. The molecule has 0 spiro atoms. The Morgan fingerprint density at radius 2 is 2.33 bits per heavy atom. The van der Waals surface area contributed by atoms with E-state index in [0.29, 0.717) is 5.92 Å². The minimum atomic E-state index is 0.126. The van der Waals surface area contributed by atoms with Crippen LogP contribution in [0.25, 0.3) is 0 Å². The van der Waals surface area contributed by atoms with Gasteiger partial charge in [-0.05, 0) is 18.8 Å². The molecular weight excluding hydrogens is 116 g/mol. The molecule has 9 heavy (non-hydrogen) atoms. The summed E-state index contributed by atoms with van der Waals surface area (Å²) in [7, 11) is 0. The summed E-state index contributed by atoms with van der Waals surface area (Å²) in [5, 5.41) is 8.65. The molecule has 0 radical (unpaired) electrons. The molecule has 0 aliphatic carbocycles. The molecule has 1 aliphatic rings. The molecule has 2 heteroatoms. The molecule has 2 nitrogen and oxygen atoms in total. The molecule has 1 heterocycles. The van der Waals surface area contributed by atoms with E-state index in [-0.39, 0.29) is 12.7 Å². The molecule has 0 aromatic rings. The Bertz CT molecular complexity index is 75.0. The van der Waals surface area contributed by atoms with Crippen LogP contribution in [0.1, 0.15) is 19.8 Å². The van der Waals surface area contributed by atoms with Crippen molar-refractivity contribution in [2.75, 3.05) is 13.2 Å². The fourth-order valence-electron chi connectivity index (χ4n) is 1.08. The van der Waals surface area contributed by atoms with Gasteiger partial charge in [0.2, 0.25) is 0 Å². The second kappa shape index (κ2) is 3.18. The maximum Gasteiger partial charge on any atom is 0.0806 e. The van der Waals surface area contributed by atoms with Crippen molar-refractivity contribution >= 4 is 0 Å². The predicted octanol–water partition coefficient (Wildman–Crippen LogP) is 0.794. The third kappa shape index (κ3) is 1.95. The second-order valence-corrected chi connectivity index (χ2v) is 2.82. The van der Waals surface area contributed by atoms with E-state index in [1.165, 1.54) is 6.42 Å². The van der Waals surface area contributed by atoms with Gasteiger partial charge in [-0.2, -0.15) is 0 Å². The molecule has 1 aliphatic heterocycles. The lowest BCUT2D eigenvalue weighted by atomic mass is 10.0. The Morgan fingerprint density at radius 3 is 2.78 bits per heavy atom. The van der Waals surface area contributed by atoms with E-state index in [9.17, 15) is 0 Å². The van der Waals surface area contributed by atoms with Gasteiger partial charge < -0.3 is 9.84 Å². The first kappa shape index (κ1) is 7.03. The largest absolute Gasteiger partial charge is 0.394 e. The zero-order chi connectivity index (χ0) is 6.69. The van der Waals surface area contributed by atoms with E-state index in [4.69, 9.17) is 9.84 Å². The first-order valence-corrected chi connectivity index (χ1v) is 3.55. The molecule has 54 valence electrons. The van der Waals surface area contributed by atoms with Gasteiger partial charge in [-0.3, -0.25) is 0 Å². The SMILES string of the molecule is CC1CCC(CO)OC1. The molecule has 0 saturated carbocycles. The van der Waals surface area contributed by atoms with Gasteiger partial charge in [-0.1, -0.05) is 6.92 Å². The number of hydrogen-bond donors (Lipinski definition) is 1. The highest BCUT2D eigenvalue weighted by molar-refractivity contribution is 4.65. The van der Waals surface area contributed by atoms with Crippen LogP contribution >= 0.6 is 0 Å². The molecule has 0 bridgehead atoms. The maximum absolute atomic E-state index is 8.65. The van der Waals surface area contributed by atoms with Gasteiger partial charge in [0.1, 0.15) is 0 Å². The summed E-state index contributed by atoms with van der Waals surface area (Å²) in [6.45, 7) is 3.19. The van der Waals surface area contributed by atoms with Crippen LogP contribution in [0.2, 0.25) is 0 Å². The number of ether oxygens (including phenoxy) is 1. The van der Waals surface area contributed by atoms with E-state index in [0.717, 1.165) is 13.0 Å². The zero-order valence-corrected chi connectivity index (χ0v) is 5.84. The van der Waals surface area contributed by atoms with E-state index >= 15 is 0 Å². The van der Waals surface area contributed by atoms with Crippen LogP contribution in [0.15, 0.2) is 0 Å². The minimum absolute atomic E-state index is 0.126. The van der Waals surface area contributed by atoms with E-state index in [1.54, 1.807) is 0 Å². The highest BCUT2D eigenvalue weighted by Gasteiger charge is 2.16. The van der Waals surface area contributed by atoms with Crippen molar-refractivity contribution in [1.29, 1.82) is 0 Å². The van der Waals surface area contributed by atoms with Gasteiger partial charge in [0.15, 0.2) is 0 Å². The first-order valence-electron chi connectivity index (χ1n) is 3.55. The highest BCUT2D eigenvalue weighted by Crippen LogP contribution is 2.17. The van der Waals surface area contributed by atoms with Crippen LogP contribution < -0.4 is 0 Å². The average Bonchev–Trinajstić information content (AvgIpc) is 1.90. The van der Waals surface area contributed by atoms with E-state index < -0.39 is 0 Å². The molecule has 2 atom stereocenters. The third-order valence-corrected chi connectivity index (χ3v) is 1.80. The number of aliphatic hydroxyl groups excluding tert-OH is 1. The van der Waals surface area contributed by atoms with Gasteiger partial charge in [0.05, 0.1) is 12.7 Å². The fraction of sp³-hybridized carbons (Fsp3) is 1.00. The summed E-state index contributed by atoms with van der Waals surface area (Å²) in [5.74, 6) is 0.688. The normalized spacial score (nSPS) is 36.7. The van der Waals surface area contributed by atoms with Crippen LogP contribution in [0, 0.1) is 5.92 Å². The van der Waals surface area contributed by atoms with Gasteiger partial charge in [-0.15, -0.1) is 0 Å². The van der Waals surface area contributed by atoms with Crippen molar-refractivity contribution in [2.45, 2.75) is 25.9 Å². The fourth-order valence-corrected chi connectivity index (χ4v) is 1.08. The van der Waals surface area contributed by atoms with Gasteiger partial charge in [0.25, 0.3) is 0 Å². The summed E-state index contributed by atoms with van der Waals surface area (Å²) < 4.78 is 5.29. The summed E-state index contributed by atoms with van der Waals surface area (Å²) in [4.78, 5) is 0. The monoisotopic (exact) mass is 130 g/mol. The molecule has 0 amide bonds. The third-order valence-electron chi connectivity index (χ3n) is 1.80. The van der Waals surface area contributed by atoms with Crippen LogP contribution in [-0.4, -0.2) is 24.4 Å². The Morgan fingerprint density at radius 1 is 1.56 bits per heavy atom. The maximum atomic E-state index is 8.65. The van der Waals surface area contributed by atoms with Gasteiger partial charge in [0, 0.05) is 6.61 Å². The summed E-state index contributed by atoms with van der Waals surface area (Å²) in [6.07, 6.45) is 2.35. The van der Waals surface area contributed by atoms with Crippen LogP contribution in [0.4, 0.5) is 0 Å². The molecule has 1 N–H and O–H groups in total. The van der Waals surface area contributed by atoms with Crippen molar-refractivity contribution in [2.24, 2.45) is 5.92 Å². The summed E-state index contributed by atoms with van der Waals surface area (Å²) >= 11 is 0. The molecule has 2 unspecified atom stereocenters. The lowest BCUT2D eigenvalue weighted by Gasteiger charge is -2.24. The highest BCUT2D eigenvalue weighted by atomic mass is 16.5. The molecule has 1 rings (SSSR count). The first-order chi connectivity index (χ1) is 4.33.